The molecule has 2 aromatic rings. The highest BCUT2D eigenvalue weighted by atomic mass is 32.2. The largest absolute Gasteiger partial charge is 0.378 e. The van der Waals surface area contributed by atoms with Crippen LogP contribution in [-0.2, 0) is 14.8 Å². The maximum atomic E-state index is 14.4. The van der Waals surface area contributed by atoms with E-state index in [2.05, 4.69) is 5.32 Å². The molecule has 0 radical (unpaired) electrons. The molecule has 1 aliphatic heterocycles. The van der Waals surface area contributed by atoms with Gasteiger partial charge in [-0.2, -0.15) is 0 Å². The predicted molar refractivity (Wildman–Crippen MR) is 105 cm³/mol. The molecule has 28 heavy (non-hydrogen) atoms. The van der Waals surface area contributed by atoms with Crippen molar-refractivity contribution in [3.8, 4) is 0 Å². The van der Waals surface area contributed by atoms with Gasteiger partial charge in [-0.3, -0.25) is 4.79 Å². The Morgan fingerprint density at radius 2 is 1.75 bits per heavy atom. The summed E-state index contributed by atoms with van der Waals surface area (Å²) < 4.78 is 45.0. The zero-order valence-corrected chi connectivity index (χ0v) is 16.5. The lowest BCUT2D eigenvalue weighted by molar-refractivity contribution is 0.102. The third-order valence-corrected chi connectivity index (χ3v) is 6.28. The van der Waals surface area contributed by atoms with E-state index in [4.69, 9.17) is 4.74 Å². The number of anilines is 2. The van der Waals surface area contributed by atoms with E-state index in [-0.39, 0.29) is 10.5 Å². The van der Waals surface area contributed by atoms with Gasteiger partial charge in [-0.25, -0.2) is 17.1 Å². The molecule has 0 atom stereocenters. The summed E-state index contributed by atoms with van der Waals surface area (Å²) in [4.78, 5) is 14.4. The Kier molecular flexibility index (Phi) is 5.97. The maximum absolute atomic E-state index is 14.4. The molecule has 2 aromatic carbocycles. The molecule has 0 unspecified atom stereocenters. The molecule has 7 nitrogen and oxygen atoms in total. The zero-order valence-electron chi connectivity index (χ0n) is 15.7. The molecule has 1 N–H and O–H groups in total. The summed E-state index contributed by atoms with van der Waals surface area (Å²) in [6.45, 7) is 2.34. The van der Waals surface area contributed by atoms with Gasteiger partial charge in [0, 0.05) is 38.4 Å². The number of ether oxygens (including phenoxy) is 1. The molecule has 1 amide bonds. The standard InChI is InChI=1S/C19H22FN3O4S/c1-22(2)28(25,26)16-6-3-14(4-7-16)19(24)21-15-5-8-18(17(20)13-15)23-9-11-27-12-10-23/h3-8,13H,9-12H2,1-2H3,(H,21,24). The number of hydrogen-bond donors (Lipinski definition) is 1. The van der Waals surface area contributed by atoms with Crippen molar-refractivity contribution in [2.24, 2.45) is 0 Å². The second-order valence-corrected chi connectivity index (χ2v) is 8.68. The topological polar surface area (TPSA) is 79.0 Å². The van der Waals surface area contributed by atoms with E-state index in [1.165, 1.54) is 44.4 Å². The highest BCUT2D eigenvalue weighted by Crippen LogP contribution is 2.24. The quantitative estimate of drug-likeness (QED) is 0.822. The van der Waals surface area contributed by atoms with Crippen LogP contribution in [0.15, 0.2) is 47.4 Å². The fraction of sp³-hybridized carbons (Fsp3) is 0.316. The van der Waals surface area contributed by atoms with Crippen LogP contribution in [0.2, 0.25) is 0 Å². The van der Waals surface area contributed by atoms with E-state index in [1.807, 2.05) is 4.90 Å². The first-order valence-electron chi connectivity index (χ1n) is 8.75. The van der Waals surface area contributed by atoms with Gasteiger partial charge in [-0.05, 0) is 42.5 Å². The molecular weight excluding hydrogens is 385 g/mol. The third-order valence-electron chi connectivity index (χ3n) is 4.45. The van der Waals surface area contributed by atoms with Crippen LogP contribution >= 0.6 is 0 Å². The molecule has 3 rings (SSSR count). The summed E-state index contributed by atoms with van der Waals surface area (Å²) in [5.41, 5.74) is 1.07. The number of nitrogens with zero attached hydrogens (tertiary/aromatic N) is 2. The molecule has 0 bridgehead atoms. The van der Waals surface area contributed by atoms with Crippen LogP contribution in [0, 0.1) is 5.82 Å². The Balaban J connectivity index is 1.71. The van der Waals surface area contributed by atoms with Gasteiger partial charge in [0.2, 0.25) is 10.0 Å². The zero-order chi connectivity index (χ0) is 20.3. The number of carbonyl (C=O) groups is 1. The third kappa shape index (κ3) is 4.32. The smallest absolute Gasteiger partial charge is 0.255 e. The molecule has 0 spiro atoms. The maximum Gasteiger partial charge on any atom is 0.255 e. The number of carbonyl (C=O) groups excluding carboxylic acids is 1. The van der Waals surface area contributed by atoms with Gasteiger partial charge in [0.25, 0.3) is 5.91 Å². The molecule has 0 saturated carbocycles. The van der Waals surface area contributed by atoms with E-state index in [0.29, 0.717) is 37.7 Å². The number of rotatable bonds is 5. The molecular formula is C19H22FN3O4S. The molecule has 1 fully saturated rings. The van der Waals surface area contributed by atoms with Crippen LogP contribution in [0.4, 0.5) is 15.8 Å². The number of sulfonamides is 1. The number of benzene rings is 2. The van der Waals surface area contributed by atoms with Crippen molar-refractivity contribution < 1.29 is 22.3 Å². The number of hydrogen-bond acceptors (Lipinski definition) is 5. The van der Waals surface area contributed by atoms with Gasteiger partial charge in [-0.1, -0.05) is 0 Å². The normalized spacial score (nSPS) is 14.9. The minimum absolute atomic E-state index is 0.0926. The molecule has 9 heteroatoms. The Hall–Kier alpha value is -2.49. The van der Waals surface area contributed by atoms with Crippen LogP contribution in [0.1, 0.15) is 10.4 Å². The highest BCUT2D eigenvalue weighted by molar-refractivity contribution is 7.89. The van der Waals surface area contributed by atoms with Gasteiger partial charge < -0.3 is 15.0 Å². The minimum Gasteiger partial charge on any atom is -0.378 e. The second kappa shape index (κ2) is 8.26. The van der Waals surface area contributed by atoms with Gasteiger partial charge in [0.05, 0.1) is 23.8 Å². The van der Waals surface area contributed by atoms with E-state index in [1.54, 1.807) is 12.1 Å². The first kappa shape index (κ1) is 20.2. The lowest BCUT2D eigenvalue weighted by atomic mass is 10.2. The molecule has 0 aliphatic carbocycles. The van der Waals surface area contributed by atoms with Crippen LogP contribution in [-0.4, -0.2) is 59.0 Å². The average Bonchev–Trinajstić information content (AvgIpc) is 2.68. The Morgan fingerprint density at radius 1 is 1.11 bits per heavy atom. The Morgan fingerprint density at radius 3 is 2.32 bits per heavy atom. The second-order valence-electron chi connectivity index (χ2n) is 6.53. The van der Waals surface area contributed by atoms with Crippen molar-refractivity contribution in [3.63, 3.8) is 0 Å². The summed E-state index contributed by atoms with van der Waals surface area (Å²) in [6.07, 6.45) is 0. The van der Waals surface area contributed by atoms with Crippen molar-refractivity contribution in [2.75, 3.05) is 50.6 Å². The van der Waals surface area contributed by atoms with Crippen LogP contribution in [0.3, 0.4) is 0 Å². The summed E-state index contributed by atoms with van der Waals surface area (Å²) in [6, 6.07) is 10.1. The Bertz CT molecular complexity index is 956. The fourth-order valence-electron chi connectivity index (χ4n) is 2.84. The van der Waals surface area contributed by atoms with E-state index in [0.717, 1.165) is 4.31 Å². The summed E-state index contributed by atoms with van der Waals surface area (Å²) in [7, 11) is -0.690. The lowest BCUT2D eigenvalue weighted by Crippen LogP contribution is -2.36. The molecule has 1 aliphatic rings. The lowest BCUT2D eigenvalue weighted by Gasteiger charge is -2.29. The predicted octanol–water partition coefficient (Wildman–Crippen LogP) is 2.16. The van der Waals surface area contributed by atoms with Crippen molar-refractivity contribution in [1.82, 2.24) is 4.31 Å². The van der Waals surface area contributed by atoms with Crippen molar-refractivity contribution in [3.05, 3.63) is 53.8 Å². The first-order valence-corrected chi connectivity index (χ1v) is 10.2. The SMILES string of the molecule is CN(C)S(=O)(=O)c1ccc(C(=O)Nc2ccc(N3CCOCC3)c(F)c2)cc1. The van der Waals surface area contributed by atoms with Crippen molar-refractivity contribution in [2.45, 2.75) is 4.90 Å². The van der Waals surface area contributed by atoms with Gasteiger partial charge in [0.15, 0.2) is 0 Å². The van der Waals surface area contributed by atoms with E-state index < -0.39 is 21.7 Å². The number of morpholine rings is 1. The van der Waals surface area contributed by atoms with Crippen molar-refractivity contribution in [1.29, 1.82) is 0 Å². The molecule has 1 heterocycles. The van der Waals surface area contributed by atoms with E-state index in [9.17, 15) is 17.6 Å². The van der Waals surface area contributed by atoms with Crippen LogP contribution in [0.5, 0.6) is 0 Å². The first-order chi connectivity index (χ1) is 13.3. The number of halogens is 1. The van der Waals surface area contributed by atoms with Crippen molar-refractivity contribution >= 4 is 27.3 Å². The van der Waals surface area contributed by atoms with E-state index >= 15 is 0 Å². The van der Waals surface area contributed by atoms with Gasteiger partial charge in [0.1, 0.15) is 5.82 Å². The monoisotopic (exact) mass is 407 g/mol. The fourth-order valence-corrected chi connectivity index (χ4v) is 3.74. The minimum atomic E-state index is -3.56. The summed E-state index contributed by atoms with van der Waals surface area (Å²) in [5.74, 6) is -0.876. The summed E-state index contributed by atoms with van der Waals surface area (Å²) in [5, 5.41) is 2.63. The van der Waals surface area contributed by atoms with Crippen LogP contribution < -0.4 is 10.2 Å². The molecule has 1 saturated heterocycles. The molecule has 0 aromatic heterocycles. The average molecular weight is 407 g/mol. The van der Waals surface area contributed by atoms with Gasteiger partial charge >= 0.3 is 0 Å². The highest BCUT2D eigenvalue weighted by Gasteiger charge is 2.18. The molecule has 150 valence electrons. The Labute approximate surface area is 163 Å². The number of amides is 1. The summed E-state index contributed by atoms with van der Waals surface area (Å²) >= 11 is 0. The number of nitrogens with one attached hydrogen (secondary N) is 1. The van der Waals surface area contributed by atoms with Crippen LogP contribution in [0.25, 0.3) is 0 Å². The van der Waals surface area contributed by atoms with Gasteiger partial charge in [-0.15, -0.1) is 0 Å².